The zero-order valence-corrected chi connectivity index (χ0v) is 15.4. The predicted octanol–water partition coefficient (Wildman–Crippen LogP) is 2.05. The zero-order chi connectivity index (χ0) is 17.2. The molecule has 0 aromatic heterocycles. The zero-order valence-electron chi connectivity index (χ0n) is 13.8. The second-order valence-electron chi connectivity index (χ2n) is 6.08. The average molecular weight is 390 g/mol. The van der Waals surface area contributed by atoms with Crippen LogP contribution in [0.25, 0.3) is 0 Å². The third-order valence-corrected chi connectivity index (χ3v) is 4.73. The highest BCUT2D eigenvalue weighted by Crippen LogP contribution is 2.38. The Hall–Kier alpha value is -1.54. The number of fused-ring (bicyclic) bond motifs is 1. The van der Waals surface area contributed by atoms with Gasteiger partial charge < -0.3 is 25.4 Å². The monoisotopic (exact) mass is 389 g/mol. The first-order chi connectivity index (χ1) is 11.5. The number of rotatable bonds is 4. The van der Waals surface area contributed by atoms with E-state index >= 15 is 0 Å². The lowest BCUT2D eigenvalue weighted by molar-refractivity contribution is -0.130. The summed E-state index contributed by atoms with van der Waals surface area (Å²) in [5, 5.41) is 9.17. The number of methoxy groups -OCH3 is 1. The average Bonchev–Trinajstić information content (AvgIpc) is 2.57. The summed E-state index contributed by atoms with van der Waals surface area (Å²) in [7, 11) is 1.60. The first-order valence-corrected chi connectivity index (χ1v) is 8.19. The van der Waals surface area contributed by atoms with Gasteiger partial charge in [-0.05, 0) is 32.0 Å². The molecule has 0 aliphatic carbocycles. The lowest BCUT2D eigenvalue weighted by Crippen LogP contribution is -2.47. The summed E-state index contributed by atoms with van der Waals surface area (Å²) in [6.45, 7) is 1.84. The lowest BCUT2D eigenvalue weighted by Gasteiger charge is -2.35. The van der Waals surface area contributed by atoms with E-state index in [1.807, 2.05) is 0 Å². The number of hydrogen-bond acceptors (Lipinski definition) is 5. The quantitative estimate of drug-likeness (QED) is 0.733. The van der Waals surface area contributed by atoms with Crippen molar-refractivity contribution in [1.29, 1.82) is 0 Å². The molecule has 3 rings (SSSR count). The highest BCUT2D eigenvalue weighted by atomic mass is 35.5. The predicted molar refractivity (Wildman–Crippen MR) is 97.9 cm³/mol. The van der Waals surface area contributed by atoms with Gasteiger partial charge in [0.1, 0.15) is 5.75 Å². The smallest absolute Gasteiger partial charge is 0.262 e. The van der Waals surface area contributed by atoms with Crippen molar-refractivity contribution >= 4 is 47.2 Å². The SMILES string of the molecule is COCC1(C(=O)Nc2cc3c(cc2Cl)NC(=O)CO3)CCNCC1.Cl. The Labute approximate surface area is 157 Å². The van der Waals surface area contributed by atoms with Crippen LogP contribution < -0.4 is 20.7 Å². The number of hydrogen-bond donors (Lipinski definition) is 3. The van der Waals surface area contributed by atoms with E-state index < -0.39 is 5.41 Å². The summed E-state index contributed by atoms with van der Waals surface area (Å²) in [5.74, 6) is 0.136. The van der Waals surface area contributed by atoms with E-state index in [4.69, 9.17) is 21.1 Å². The molecule has 7 nitrogen and oxygen atoms in total. The van der Waals surface area contributed by atoms with Crippen molar-refractivity contribution in [3.8, 4) is 5.75 Å². The molecule has 9 heteroatoms. The number of ether oxygens (including phenoxy) is 2. The maximum atomic E-state index is 12.9. The highest BCUT2D eigenvalue weighted by Gasteiger charge is 2.40. The number of amides is 2. The van der Waals surface area contributed by atoms with Gasteiger partial charge in [0.2, 0.25) is 5.91 Å². The van der Waals surface area contributed by atoms with Crippen LogP contribution in [0.3, 0.4) is 0 Å². The number of nitrogens with one attached hydrogen (secondary N) is 3. The second-order valence-corrected chi connectivity index (χ2v) is 6.49. The fraction of sp³-hybridized carbons (Fsp3) is 0.500. The molecule has 2 heterocycles. The van der Waals surface area contributed by atoms with E-state index in [1.54, 1.807) is 19.2 Å². The molecule has 1 aromatic rings. The van der Waals surface area contributed by atoms with E-state index in [9.17, 15) is 9.59 Å². The Kier molecular flexibility index (Phi) is 6.51. The van der Waals surface area contributed by atoms with Crippen LogP contribution in [-0.2, 0) is 14.3 Å². The van der Waals surface area contributed by atoms with Crippen LogP contribution >= 0.6 is 24.0 Å². The van der Waals surface area contributed by atoms with Crippen molar-refractivity contribution in [2.24, 2.45) is 5.41 Å². The summed E-state index contributed by atoms with van der Waals surface area (Å²) in [5.41, 5.74) is 0.391. The van der Waals surface area contributed by atoms with E-state index in [0.29, 0.717) is 41.6 Å². The minimum atomic E-state index is -0.575. The number of carbonyl (C=O) groups excluding carboxylic acids is 2. The molecule has 2 aliphatic rings. The number of benzene rings is 1. The van der Waals surface area contributed by atoms with Crippen molar-refractivity contribution in [3.63, 3.8) is 0 Å². The molecular weight excluding hydrogens is 369 g/mol. The van der Waals surface area contributed by atoms with Crippen molar-refractivity contribution in [2.75, 3.05) is 44.0 Å². The third kappa shape index (κ3) is 4.17. The minimum absolute atomic E-state index is 0. The molecule has 1 saturated heterocycles. The molecule has 0 saturated carbocycles. The second kappa shape index (κ2) is 8.23. The van der Waals surface area contributed by atoms with Gasteiger partial charge in [0, 0.05) is 13.2 Å². The van der Waals surface area contributed by atoms with E-state index in [2.05, 4.69) is 16.0 Å². The molecule has 138 valence electrons. The van der Waals surface area contributed by atoms with Crippen LogP contribution in [0.5, 0.6) is 5.75 Å². The van der Waals surface area contributed by atoms with Gasteiger partial charge in [-0.1, -0.05) is 11.6 Å². The van der Waals surface area contributed by atoms with Crippen molar-refractivity contribution < 1.29 is 19.1 Å². The van der Waals surface area contributed by atoms with E-state index in [-0.39, 0.29) is 30.8 Å². The Morgan fingerprint density at radius 1 is 1.40 bits per heavy atom. The first kappa shape index (κ1) is 19.8. The molecule has 3 N–H and O–H groups in total. The van der Waals surface area contributed by atoms with Gasteiger partial charge in [-0.2, -0.15) is 0 Å². The first-order valence-electron chi connectivity index (χ1n) is 7.81. The van der Waals surface area contributed by atoms with Gasteiger partial charge in [0.25, 0.3) is 5.91 Å². The summed E-state index contributed by atoms with van der Waals surface area (Å²) in [4.78, 5) is 24.2. The summed E-state index contributed by atoms with van der Waals surface area (Å²) in [6.07, 6.45) is 1.39. The molecular formula is C16H21Cl2N3O4. The molecule has 2 amide bonds. The van der Waals surface area contributed by atoms with Crippen LogP contribution in [0.1, 0.15) is 12.8 Å². The fourth-order valence-electron chi connectivity index (χ4n) is 3.07. The summed E-state index contributed by atoms with van der Waals surface area (Å²) < 4.78 is 10.7. The van der Waals surface area contributed by atoms with Crippen molar-refractivity contribution in [1.82, 2.24) is 5.32 Å². The van der Waals surface area contributed by atoms with Crippen molar-refractivity contribution in [2.45, 2.75) is 12.8 Å². The largest absolute Gasteiger partial charge is 0.482 e. The van der Waals surface area contributed by atoms with Gasteiger partial charge in [-0.25, -0.2) is 0 Å². The normalized spacial score (nSPS) is 18.2. The Balaban J connectivity index is 0.00000225. The number of anilines is 2. The van der Waals surface area contributed by atoms with E-state index in [0.717, 1.165) is 13.1 Å². The maximum absolute atomic E-state index is 12.9. The number of halogens is 2. The van der Waals surface area contributed by atoms with Crippen LogP contribution in [0.4, 0.5) is 11.4 Å². The van der Waals surface area contributed by atoms with Gasteiger partial charge in [0.15, 0.2) is 6.61 Å². The van der Waals surface area contributed by atoms with Crippen LogP contribution in [0.15, 0.2) is 12.1 Å². The maximum Gasteiger partial charge on any atom is 0.262 e. The van der Waals surface area contributed by atoms with Crippen molar-refractivity contribution in [3.05, 3.63) is 17.2 Å². The van der Waals surface area contributed by atoms with Gasteiger partial charge in [-0.3, -0.25) is 9.59 Å². The molecule has 1 aromatic carbocycles. The number of piperidine rings is 1. The summed E-state index contributed by atoms with van der Waals surface area (Å²) in [6, 6.07) is 3.21. The Morgan fingerprint density at radius 3 is 2.80 bits per heavy atom. The van der Waals surface area contributed by atoms with Crippen LogP contribution in [0, 0.1) is 5.41 Å². The molecule has 25 heavy (non-hydrogen) atoms. The molecule has 0 bridgehead atoms. The third-order valence-electron chi connectivity index (χ3n) is 4.41. The molecule has 0 atom stereocenters. The summed E-state index contributed by atoms with van der Waals surface area (Å²) >= 11 is 6.25. The van der Waals surface area contributed by atoms with Gasteiger partial charge in [0.05, 0.1) is 28.4 Å². The van der Waals surface area contributed by atoms with E-state index in [1.165, 1.54) is 0 Å². The molecule has 0 unspecified atom stereocenters. The molecule has 2 aliphatic heterocycles. The Morgan fingerprint density at radius 2 is 2.12 bits per heavy atom. The van der Waals surface area contributed by atoms with Gasteiger partial charge >= 0.3 is 0 Å². The fourth-order valence-corrected chi connectivity index (χ4v) is 3.28. The standard InChI is InChI=1S/C16H20ClN3O4.ClH/c1-23-9-16(2-4-18-5-3-16)15(22)20-11-7-13-12(6-10(11)17)19-14(21)8-24-13;/h6-7,18H,2-5,8-9H2,1H3,(H,19,21)(H,20,22);1H. The highest BCUT2D eigenvalue weighted by molar-refractivity contribution is 6.34. The van der Waals surface area contributed by atoms with Crippen LogP contribution in [-0.4, -0.2) is 45.2 Å². The Bertz CT molecular complexity index is 658. The lowest BCUT2D eigenvalue weighted by atomic mass is 9.78. The topological polar surface area (TPSA) is 88.7 Å². The molecule has 0 radical (unpaired) electrons. The van der Waals surface area contributed by atoms with Gasteiger partial charge in [-0.15, -0.1) is 12.4 Å². The molecule has 0 spiro atoms. The van der Waals surface area contributed by atoms with Crippen LogP contribution in [0.2, 0.25) is 5.02 Å². The number of carbonyl (C=O) groups is 2. The molecule has 1 fully saturated rings. The minimum Gasteiger partial charge on any atom is -0.482 e.